The third-order valence-electron chi connectivity index (χ3n) is 5.52. The van der Waals surface area contributed by atoms with Gasteiger partial charge in [-0.2, -0.15) is 5.26 Å². The number of hydrogen-bond acceptors (Lipinski definition) is 5. The van der Waals surface area contributed by atoms with Crippen molar-refractivity contribution in [1.29, 1.82) is 5.26 Å². The molecule has 3 aromatic carbocycles. The number of nitrogens with zero attached hydrogens (tertiary/aromatic N) is 2. The molecule has 1 saturated heterocycles. The first-order valence-electron chi connectivity index (χ1n) is 10.8. The number of methoxy groups -OCH3 is 1. The summed E-state index contributed by atoms with van der Waals surface area (Å²) in [6.07, 6.45) is 0.438. The van der Waals surface area contributed by atoms with Crippen LogP contribution in [0, 0.1) is 18.3 Å². The molecule has 6 nitrogen and oxygen atoms in total. The molecule has 3 aromatic rings. The van der Waals surface area contributed by atoms with Crippen molar-refractivity contribution in [2.75, 3.05) is 17.3 Å². The van der Waals surface area contributed by atoms with Crippen LogP contribution >= 0.6 is 23.4 Å². The second-order valence-corrected chi connectivity index (χ2v) is 9.50. The van der Waals surface area contributed by atoms with Gasteiger partial charge in [-0.3, -0.25) is 14.5 Å². The first kappa shape index (κ1) is 24.4. The number of nitriles is 1. The zero-order chi connectivity index (χ0) is 24.9. The van der Waals surface area contributed by atoms with Crippen molar-refractivity contribution in [2.45, 2.75) is 18.6 Å². The van der Waals surface area contributed by atoms with Crippen molar-refractivity contribution in [3.05, 3.63) is 99.5 Å². The van der Waals surface area contributed by atoms with Crippen molar-refractivity contribution >= 4 is 46.6 Å². The maximum atomic E-state index is 13.6. The van der Waals surface area contributed by atoms with Crippen LogP contribution in [0.3, 0.4) is 0 Å². The molecule has 1 heterocycles. The summed E-state index contributed by atoms with van der Waals surface area (Å²) in [5, 5.41) is 13.0. The third kappa shape index (κ3) is 5.35. The number of hydrogen-bond donors (Lipinski definition) is 1. The Hall–Kier alpha value is -3.73. The van der Waals surface area contributed by atoms with Crippen LogP contribution in [0.2, 0.25) is 5.02 Å². The summed E-state index contributed by atoms with van der Waals surface area (Å²) >= 11 is 7.26. The number of carbonyl (C=O) groups excluding carboxylic acids is 2. The number of benzene rings is 3. The monoisotopic (exact) mass is 503 g/mol. The average molecular weight is 504 g/mol. The van der Waals surface area contributed by atoms with Crippen molar-refractivity contribution < 1.29 is 14.3 Å². The van der Waals surface area contributed by atoms with Gasteiger partial charge in [0.2, 0.25) is 5.91 Å². The van der Waals surface area contributed by atoms with E-state index in [1.807, 2.05) is 61.5 Å². The molecule has 1 fully saturated rings. The fourth-order valence-electron chi connectivity index (χ4n) is 3.76. The molecule has 1 N–H and O–H groups in total. The van der Waals surface area contributed by atoms with Gasteiger partial charge < -0.3 is 10.1 Å². The van der Waals surface area contributed by atoms with E-state index >= 15 is 0 Å². The number of amides is 2. The molecule has 4 rings (SSSR count). The van der Waals surface area contributed by atoms with Gasteiger partial charge in [0.1, 0.15) is 22.4 Å². The maximum Gasteiger partial charge on any atom is 0.269 e. The number of carbonyl (C=O) groups is 2. The number of ether oxygens (including phenoxy) is 1. The van der Waals surface area contributed by atoms with E-state index in [9.17, 15) is 14.9 Å². The molecule has 2 amide bonds. The van der Waals surface area contributed by atoms with Gasteiger partial charge in [-0.15, -0.1) is 0 Å². The van der Waals surface area contributed by atoms with E-state index in [2.05, 4.69) is 5.32 Å². The number of rotatable bonds is 6. The Labute approximate surface area is 213 Å². The summed E-state index contributed by atoms with van der Waals surface area (Å²) < 4.78 is 5.22. The lowest BCUT2D eigenvalue weighted by atomic mass is 10.1. The second-order valence-electron chi connectivity index (χ2n) is 7.88. The van der Waals surface area contributed by atoms with Crippen LogP contribution in [0.5, 0.6) is 5.75 Å². The lowest BCUT2D eigenvalue weighted by Crippen LogP contribution is -2.31. The van der Waals surface area contributed by atoms with Gasteiger partial charge in [0.25, 0.3) is 5.91 Å². The summed E-state index contributed by atoms with van der Waals surface area (Å²) in [5.41, 5.74) is 2.77. The van der Waals surface area contributed by atoms with E-state index in [4.69, 9.17) is 16.3 Å². The Bertz CT molecular complexity index is 1350. The highest BCUT2D eigenvalue weighted by molar-refractivity contribution is 8.05. The van der Waals surface area contributed by atoms with Gasteiger partial charge in [-0.1, -0.05) is 59.8 Å². The molecule has 0 bridgehead atoms. The minimum Gasteiger partial charge on any atom is -0.497 e. The molecule has 8 heteroatoms. The van der Waals surface area contributed by atoms with Crippen molar-refractivity contribution in [2.24, 2.45) is 0 Å². The molecule has 0 aliphatic carbocycles. The van der Waals surface area contributed by atoms with E-state index in [1.165, 1.54) is 16.7 Å². The number of nitrogens with one attached hydrogen (secondary N) is 1. The van der Waals surface area contributed by atoms with Gasteiger partial charge in [0.05, 0.1) is 18.0 Å². The van der Waals surface area contributed by atoms with Gasteiger partial charge in [-0.25, -0.2) is 0 Å². The van der Waals surface area contributed by atoms with Crippen LogP contribution in [-0.4, -0.2) is 24.2 Å². The molecule has 1 aliphatic rings. The summed E-state index contributed by atoms with van der Waals surface area (Å²) in [6, 6.07) is 23.6. The number of aryl methyl sites for hydroxylation is 1. The van der Waals surface area contributed by atoms with Crippen molar-refractivity contribution in [1.82, 2.24) is 0 Å². The topological polar surface area (TPSA) is 82.4 Å². The van der Waals surface area contributed by atoms with Crippen LogP contribution in [0.15, 0.2) is 83.4 Å². The van der Waals surface area contributed by atoms with Gasteiger partial charge in [0, 0.05) is 10.7 Å². The summed E-state index contributed by atoms with van der Waals surface area (Å²) in [6.45, 7) is 1.89. The lowest BCUT2D eigenvalue weighted by molar-refractivity contribution is -0.117. The fraction of sp³-hybridized carbons (Fsp3) is 0.148. The molecule has 0 unspecified atom stereocenters. The largest absolute Gasteiger partial charge is 0.497 e. The average Bonchev–Trinajstić information content (AvgIpc) is 3.15. The molecular weight excluding hydrogens is 482 g/mol. The molecule has 0 saturated carbocycles. The molecular formula is C27H22ClN3O3S. The Balaban J connectivity index is 1.72. The quantitative estimate of drug-likeness (QED) is 0.343. The van der Waals surface area contributed by atoms with E-state index in [1.54, 1.807) is 31.4 Å². The Morgan fingerprint density at radius 1 is 1.14 bits per heavy atom. The molecule has 176 valence electrons. The Morgan fingerprint density at radius 2 is 1.89 bits per heavy atom. The highest BCUT2D eigenvalue weighted by atomic mass is 35.5. The first-order chi connectivity index (χ1) is 16.9. The number of anilines is 2. The minimum atomic E-state index is -0.603. The normalized spacial score (nSPS) is 16.6. The van der Waals surface area contributed by atoms with Crippen LogP contribution < -0.4 is 15.0 Å². The number of thioether (sulfide) groups is 1. The number of halogens is 1. The van der Waals surface area contributed by atoms with Crippen LogP contribution in [0.25, 0.3) is 0 Å². The zero-order valence-corrected chi connectivity index (χ0v) is 20.7. The fourth-order valence-corrected chi connectivity index (χ4v) is 5.25. The standard InChI is InChI=1S/C27H22ClN3O3S/c1-17-6-3-4-9-23(17)31-26(33)24(14-18-10-12-21(34-2)13-11-18)35-27(31)22(16-29)25(32)30-20-8-5-7-19(28)15-20/h3-13,15,24H,14H2,1-2H3,(H,30,32)/b27-22-/t24-/m1/s1. The van der Waals surface area contributed by atoms with E-state index in [-0.39, 0.29) is 11.5 Å². The van der Waals surface area contributed by atoms with E-state index < -0.39 is 11.2 Å². The molecule has 0 aromatic heterocycles. The Kier molecular flexibility index (Phi) is 7.45. The zero-order valence-electron chi connectivity index (χ0n) is 19.1. The van der Waals surface area contributed by atoms with Crippen molar-refractivity contribution in [3.8, 4) is 11.8 Å². The number of para-hydroxylation sites is 1. The lowest BCUT2D eigenvalue weighted by Gasteiger charge is -2.20. The first-order valence-corrected chi connectivity index (χ1v) is 12.1. The molecule has 0 radical (unpaired) electrons. The smallest absolute Gasteiger partial charge is 0.269 e. The SMILES string of the molecule is COc1ccc(C[C@H]2S/C(=C(/C#N)C(=O)Nc3cccc(Cl)c3)N(c3ccccc3C)C2=O)cc1. The minimum absolute atomic E-state index is 0.135. The van der Waals surface area contributed by atoms with Crippen LogP contribution in [-0.2, 0) is 16.0 Å². The van der Waals surface area contributed by atoms with Gasteiger partial charge in [-0.05, 0) is 60.9 Å². The molecule has 0 spiro atoms. The molecule has 1 atom stereocenters. The second kappa shape index (κ2) is 10.7. The molecule has 35 heavy (non-hydrogen) atoms. The predicted molar refractivity (Wildman–Crippen MR) is 139 cm³/mol. The summed E-state index contributed by atoms with van der Waals surface area (Å²) in [7, 11) is 1.60. The van der Waals surface area contributed by atoms with E-state index in [0.29, 0.717) is 27.8 Å². The van der Waals surface area contributed by atoms with Gasteiger partial charge >= 0.3 is 0 Å². The van der Waals surface area contributed by atoms with E-state index in [0.717, 1.165) is 16.9 Å². The van der Waals surface area contributed by atoms with Gasteiger partial charge in [0.15, 0.2) is 0 Å². The predicted octanol–water partition coefficient (Wildman–Crippen LogP) is 5.72. The van der Waals surface area contributed by atoms with Crippen molar-refractivity contribution in [3.63, 3.8) is 0 Å². The third-order valence-corrected chi connectivity index (χ3v) is 7.02. The van der Waals surface area contributed by atoms with Crippen LogP contribution in [0.4, 0.5) is 11.4 Å². The summed E-state index contributed by atoms with van der Waals surface area (Å²) in [4.78, 5) is 28.3. The highest BCUT2D eigenvalue weighted by Crippen LogP contribution is 2.43. The maximum absolute atomic E-state index is 13.6. The highest BCUT2D eigenvalue weighted by Gasteiger charge is 2.41. The van der Waals surface area contributed by atoms with Crippen LogP contribution in [0.1, 0.15) is 11.1 Å². The molecule has 1 aliphatic heterocycles. The Morgan fingerprint density at radius 3 is 2.54 bits per heavy atom. The summed E-state index contributed by atoms with van der Waals surface area (Å²) in [5.74, 6) is -0.0575.